The third kappa shape index (κ3) is 3.66. The molecule has 5 nitrogen and oxygen atoms in total. The molecule has 0 unspecified atom stereocenters. The van der Waals surface area contributed by atoms with Gasteiger partial charge in [-0.15, -0.1) is 0 Å². The SMILES string of the molecule is CN(C)C(=O)c1cccc(NCc2ccc(O)cc2O)c1. The summed E-state index contributed by atoms with van der Waals surface area (Å²) in [4.78, 5) is 13.4. The second kappa shape index (κ2) is 6.17. The number of carbonyl (C=O) groups is 1. The van der Waals surface area contributed by atoms with Crippen LogP contribution < -0.4 is 5.32 Å². The third-order valence-corrected chi connectivity index (χ3v) is 3.07. The van der Waals surface area contributed by atoms with Crippen LogP contribution in [0, 0.1) is 0 Å². The summed E-state index contributed by atoms with van der Waals surface area (Å²) >= 11 is 0. The molecule has 0 bridgehead atoms. The molecular formula is C16H18N2O3. The first-order valence-electron chi connectivity index (χ1n) is 6.54. The maximum absolute atomic E-state index is 11.9. The number of hydrogen-bond donors (Lipinski definition) is 3. The Labute approximate surface area is 123 Å². The first-order valence-corrected chi connectivity index (χ1v) is 6.54. The number of benzene rings is 2. The zero-order valence-corrected chi connectivity index (χ0v) is 12.0. The largest absolute Gasteiger partial charge is 0.508 e. The van der Waals surface area contributed by atoms with Crippen LogP contribution in [0.2, 0.25) is 0 Å². The zero-order chi connectivity index (χ0) is 15.4. The van der Waals surface area contributed by atoms with Crippen molar-refractivity contribution >= 4 is 11.6 Å². The highest BCUT2D eigenvalue weighted by atomic mass is 16.3. The van der Waals surface area contributed by atoms with Gasteiger partial charge in [0.1, 0.15) is 11.5 Å². The lowest BCUT2D eigenvalue weighted by Gasteiger charge is -2.12. The predicted octanol–water partition coefficient (Wildman–Crippen LogP) is 2.41. The predicted molar refractivity (Wildman–Crippen MR) is 81.6 cm³/mol. The molecule has 2 aromatic carbocycles. The lowest BCUT2D eigenvalue weighted by molar-refractivity contribution is 0.0827. The molecule has 21 heavy (non-hydrogen) atoms. The molecule has 1 amide bonds. The van der Waals surface area contributed by atoms with E-state index in [0.29, 0.717) is 17.7 Å². The van der Waals surface area contributed by atoms with Crippen LogP contribution in [0.15, 0.2) is 42.5 Å². The van der Waals surface area contributed by atoms with Crippen molar-refractivity contribution in [2.75, 3.05) is 19.4 Å². The molecule has 0 aliphatic heterocycles. The standard InChI is InChI=1S/C16H18N2O3/c1-18(2)16(21)11-4-3-5-13(8-11)17-10-12-6-7-14(19)9-15(12)20/h3-9,17,19-20H,10H2,1-2H3. The maximum Gasteiger partial charge on any atom is 0.253 e. The fraction of sp³-hybridized carbons (Fsp3) is 0.188. The number of rotatable bonds is 4. The Morgan fingerprint density at radius 1 is 1.14 bits per heavy atom. The molecule has 0 aliphatic rings. The van der Waals surface area contributed by atoms with Gasteiger partial charge in [0.25, 0.3) is 5.91 Å². The highest BCUT2D eigenvalue weighted by Crippen LogP contribution is 2.23. The van der Waals surface area contributed by atoms with Crippen LogP contribution in [-0.2, 0) is 6.54 Å². The van der Waals surface area contributed by atoms with Crippen LogP contribution >= 0.6 is 0 Å². The molecule has 0 atom stereocenters. The summed E-state index contributed by atoms with van der Waals surface area (Å²) in [6, 6.07) is 11.6. The van der Waals surface area contributed by atoms with Crippen LogP contribution in [0.4, 0.5) is 5.69 Å². The molecule has 110 valence electrons. The van der Waals surface area contributed by atoms with E-state index in [0.717, 1.165) is 5.69 Å². The number of phenols is 2. The minimum Gasteiger partial charge on any atom is -0.508 e. The Morgan fingerprint density at radius 3 is 2.57 bits per heavy atom. The summed E-state index contributed by atoms with van der Waals surface area (Å²) in [5, 5.41) is 22.1. The summed E-state index contributed by atoms with van der Waals surface area (Å²) < 4.78 is 0. The summed E-state index contributed by atoms with van der Waals surface area (Å²) in [6.07, 6.45) is 0. The second-order valence-corrected chi connectivity index (χ2v) is 4.95. The number of anilines is 1. The third-order valence-electron chi connectivity index (χ3n) is 3.07. The topological polar surface area (TPSA) is 72.8 Å². The number of amides is 1. The van der Waals surface area contributed by atoms with Crippen molar-refractivity contribution in [3.05, 3.63) is 53.6 Å². The molecule has 0 saturated carbocycles. The molecule has 0 aliphatic carbocycles. The van der Waals surface area contributed by atoms with E-state index in [1.54, 1.807) is 38.4 Å². The van der Waals surface area contributed by atoms with Gasteiger partial charge in [-0.1, -0.05) is 6.07 Å². The van der Waals surface area contributed by atoms with Crippen LogP contribution in [0.5, 0.6) is 11.5 Å². The van der Waals surface area contributed by atoms with Crippen molar-refractivity contribution in [1.29, 1.82) is 0 Å². The van der Waals surface area contributed by atoms with Gasteiger partial charge < -0.3 is 20.4 Å². The first-order chi connectivity index (χ1) is 9.97. The minimum absolute atomic E-state index is 0.0230. The molecule has 0 saturated heterocycles. The summed E-state index contributed by atoms with van der Waals surface area (Å²) in [5.41, 5.74) is 2.05. The van der Waals surface area contributed by atoms with Gasteiger partial charge in [0, 0.05) is 43.5 Å². The smallest absolute Gasteiger partial charge is 0.253 e. The number of hydrogen-bond acceptors (Lipinski definition) is 4. The summed E-state index contributed by atoms with van der Waals surface area (Å²) in [5.74, 6) is -0.0102. The monoisotopic (exact) mass is 286 g/mol. The van der Waals surface area contributed by atoms with Gasteiger partial charge in [-0.25, -0.2) is 0 Å². The average Bonchev–Trinajstić information content (AvgIpc) is 2.45. The fourth-order valence-electron chi connectivity index (χ4n) is 1.92. The maximum atomic E-state index is 11.9. The first kappa shape index (κ1) is 14.7. The lowest BCUT2D eigenvalue weighted by Crippen LogP contribution is -2.21. The molecule has 5 heteroatoms. The Hall–Kier alpha value is -2.69. The van der Waals surface area contributed by atoms with Crippen LogP contribution in [0.25, 0.3) is 0 Å². The van der Waals surface area contributed by atoms with Crippen LogP contribution in [0.3, 0.4) is 0 Å². The zero-order valence-electron chi connectivity index (χ0n) is 12.0. The van der Waals surface area contributed by atoms with Crippen molar-refractivity contribution < 1.29 is 15.0 Å². The Bertz CT molecular complexity index is 654. The van der Waals surface area contributed by atoms with E-state index in [1.807, 2.05) is 6.07 Å². The van der Waals surface area contributed by atoms with E-state index in [-0.39, 0.29) is 17.4 Å². The van der Waals surface area contributed by atoms with Gasteiger partial charge in [0.15, 0.2) is 0 Å². The van der Waals surface area contributed by atoms with E-state index in [9.17, 15) is 15.0 Å². The van der Waals surface area contributed by atoms with E-state index < -0.39 is 0 Å². The van der Waals surface area contributed by atoms with Gasteiger partial charge >= 0.3 is 0 Å². The number of carbonyl (C=O) groups excluding carboxylic acids is 1. The van der Waals surface area contributed by atoms with Crippen molar-refractivity contribution in [1.82, 2.24) is 4.90 Å². The lowest BCUT2D eigenvalue weighted by atomic mass is 10.1. The van der Waals surface area contributed by atoms with Gasteiger partial charge in [0.05, 0.1) is 0 Å². The van der Waals surface area contributed by atoms with Crippen molar-refractivity contribution in [2.45, 2.75) is 6.54 Å². The van der Waals surface area contributed by atoms with Gasteiger partial charge in [0.2, 0.25) is 0 Å². The van der Waals surface area contributed by atoms with Crippen LogP contribution in [0.1, 0.15) is 15.9 Å². The van der Waals surface area contributed by atoms with Gasteiger partial charge in [-0.05, 0) is 30.3 Å². The molecule has 2 aromatic rings. The summed E-state index contributed by atoms with van der Waals surface area (Å²) in [6.45, 7) is 0.395. The molecule has 0 spiro atoms. The number of aromatic hydroxyl groups is 2. The van der Waals surface area contributed by atoms with Crippen molar-refractivity contribution in [3.8, 4) is 11.5 Å². The van der Waals surface area contributed by atoms with E-state index >= 15 is 0 Å². The van der Waals surface area contributed by atoms with Gasteiger partial charge in [-0.2, -0.15) is 0 Å². The number of phenolic OH excluding ortho intramolecular Hbond substituents is 2. The Kier molecular flexibility index (Phi) is 4.33. The molecule has 2 rings (SSSR count). The Morgan fingerprint density at radius 2 is 1.90 bits per heavy atom. The fourth-order valence-corrected chi connectivity index (χ4v) is 1.92. The van der Waals surface area contributed by atoms with E-state index in [4.69, 9.17) is 0 Å². The Balaban J connectivity index is 2.10. The van der Waals surface area contributed by atoms with Crippen LogP contribution in [-0.4, -0.2) is 35.1 Å². The molecule has 0 radical (unpaired) electrons. The van der Waals surface area contributed by atoms with Gasteiger partial charge in [-0.3, -0.25) is 4.79 Å². The van der Waals surface area contributed by atoms with Crippen molar-refractivity contribution in [2.24, 2.45) is 0 Å². The van der Waals surface area contributed by atoms with E-state index in [2.05, 4.69) is 5.32 Å². The highest BCUT2D eigenvalue weighted by Gasteiger charge is 2.08. The normalized spacial score (nSPS) is 10.2. The molecule has 0 fully saturated rings. The minimum atomic E-state index is -0.0638. The average molecular weight is 286 g/mol. The van der Waals surface area contributed by atoms with Crippen molar-refractivity contribution in [3.63, 3.8) is 0 Å². The highest BCUT2D eigenvalue weighted by molar-refractivity contribution is 5.94. The summed E-state index contributed by atoms with van der Waals surface area (Å²) in [7, 11) is 3.41. The molecular weight excluding hydrogens is 268 g/mol. The van der Waals surface area contributed by atoms with E-state index in [1.165, 1.54) is 17.0 Å². The second-order valence-electron chi connectivity index (χ2n) is 4.95. The molecule has 0 aromatic heterocycles. The number of nitrogens with zero attached hydrogens (tertiary/aromatic N) is 1. The quantitative estimate of drug-likeness (QED) is 0.807. The molecule has 3 N–H and O–H groups in total. The molecule has 0 heterocycles. The number of nitrogens with one attached hydrogen (secondary N) is 1.